The molecule has 8 heteroatoms. The normalized spacial score (nSPS) is 16.7. The summed E-state index contributed by atoms with van der Waals surface area (Å²) >= 11 is 9.96. The predicted octanol–water partition coefficient (Wildman–Crippen LogP) is 4.71. The van der Waals surface area contributed by atoms with Gasteiger partial charge in [-0.25, -0.2) is 4.79 Å². The van der Waals surface area contributed by atoms with Crippen LogP contribution in [0.2, 0.25) is 0 Å². The summed E-state index contributed by atoms with van der Waals surface area (Å²) in [4.78, 5) is 25.7. The lowest BCUT2D eigenvalue weighted by Crippen LogP contribution is -2.27. The van der Waals surface area contributed by atoms with Gasteiger partial charge in [-0.2, -0.15) is 0 Å². The number of ether oxygens (including phenoxy) is 1. The van der Waals surface area contributed by atoms with E-state index in [0.29, 0.717) is 20.7 Å². The molecule has 1 N–H and O–H groups in total. The number of halogens is 1. The molecular weight excluding hydrogens is 450 g/mol. The molecule has 0 saturated carbocycles. The van der Waals surface area contributed by atoms with Gasteiger partial charge in [-0.15, -0.1) is 0 Å². The molecule has 0 radical (unpaired) electrons. The average molecular weight is 464 g/mol. The Labute approximate surface area is 174 Å². The predicted molar refractivity (Wildman–Crippen MR) is 114 cm³/mol. The van der Waals surface area contributed by atoms with Gasteiger partial charge in [0.15, 0.2) is 10.4 Å². The van der Waals surface area contributed by atoms with Crippen molar-refractivity contribution in [3.8, 4) is 5.75 Å². The molecule has 1 amide bonds. The largest absolute Gasteiger partial charge is 0.479 e. The second kappa shape index (κ2) is 8.24. The highest BCUT2D eigenvalue weighted by molar-refractivity contribution is 9.10. The van der Waals surface area contributed by atoms with E-state index in [4.69, 9.17) is 22.1 Å². The van der Waals surface area contributed by atoms with Gasteiger partial charge in [0.2, 0.25) is 0 Å². The summed E-state index contributed by atoms with van der Waals surface area (Å²) in [6.45, 7) is 1.46. The zero-order chi connectivity index (χ0) is 19.6. The third-order valence-corrected chi connectivity index (χ3v) is 5.53. The molecule has 1 atom stereocenters. The molecule has 0 spiro atoms. The van der Waals surface area contributed by atoms with Crippen LogP contribution in [0.25, 0.3) is 6.08 Å². The van der Waals surface area contributed by atoms with Crippen molar-refractivity contribution >= 4 is 67.9 Å². The smallest absolute Gasteiger partial charge is 0.344 e. The summed E-state index contributed by atoms with van der Waals surface area (Å²) in [6, 6.07) is 14.2. The van der Waals surface area contributed by atoms with Crippen molar-refractivity contribution < 1.29 is 19.4 Å². The molecular formula is C19H14BrNO4S2. The van der Waals surface area contributed by atoms with Gasteiger partial charge in [0.1, 0.15) is 5.75 Å². The van der Waals surface area contributed by atoms with E-state index >= 15 is 0 Å². The molecule has 0 aromatic heterocycles. The van der Waals surface area contributed by atoms with Gasteiger partial charge >= 0.3 is 5.97 Å². The average Bonchev–Trinajstić information content (AvgIpc) is 2.90. The van der Waals surface area contributed by atoms with Gasteiger partial charge < -0.3 is 9.84 Å². The maximum Gasteiger partial charge on any atom is 0.344 e. The zero-order valence-corrected chi connectivity index (χ0v) is 17.3. The molecule has 0 bridgehead atoms. The van der Waals surface area contributed by atoms with E-state index in [-0.39, 0.29) is 5.91 Å². The van der Waals surface area contributed by atoms with E-state index < -0.39 is 12.1 Å². The Balaban J connectivity index is 1.83. The van der Waals surface area contributed by atoms with Crippen molar-refractivity contribution in [2.75, 3.05) is 4.90 Å². The molecule has 1 heterocycles. The Bertz CT molecular complexity index is 943. The van der Waals surface area contributed by atoms with E-state index in [1.54, 1.807) is 24.3 Å². The van der Waals surface area contributed by atoms with Crippen molar-refractivity contribution in [3.05, 3.63) is 63.5 Å². The van der Waals surface area contributed by atoms with Crippen LogP contribution in [0.5, 0.6) is 5.75 Å². The minimum atomic E-state index is -1.05. The van der Waals surface area contributed by atoms with Crippen LogP contribution in [-0.4, -0.2) is 27.4 Å². The lowest BCUT2D eigenvalue weighted by molar-refractivity contribution is -0.144. The van der Waals surface area contributed by atoms with Crippen molar-refractivity contribution in [3.63, 3.8) is 0 Å². The van der Waals surface area contributed by atoms with Crippen LogP contribution in [0.3, 0.4) is 0 Å². The molecule has 5 nitrogen and oxygen atoms in total. The maximum atomic E-state index is 12.8. The van der Waals surface area contributed by atoms with Gasteiger partial charge in [-0.1, -0.05) is 52.0 Å². The van der Waals surface area contributed by atoms with E-state index in [2.05, 4.69) is 15.9 Å². The van der Waals surface area contributed by atoms with Crippen LogP contribution < -0.4 is 9.64 Å². The third-order valence-electron chi connectivity index (χ3n) is 3.70. The lowest BCUT2D eigenvalue weighted by Gasteiger charge is -2.14. The van der Waals surface area contributed by atoms with Crippen molar-refractivity contribution in [1.82, 2.24) is 0 Å². The van der Waals surface area contributed by atoms with Gasteiger partial charge in [-0.05, 0) is 55.0 Å². The molecule has 1 fully saturated rings. The fourth-order valence-corrected chi connectivity index (χ4v) is 3.93. The standard InChI is InChI=1S/C19H14BrNO4S2/c1-11(18(23)24)25-15-4-2-3-12(9-15)10-16-17(22)21(19(26)27-16)14-7-5-13(20)6-8-14/h2-11H,1H3,(H,23,24)/b16-10+. The number of carbonyl (C=O) groups excluding carboxylic acids is 1. The van der Waals surface area contributed by atoms with E-state index in [1.165, 1.54) is 23.6 Å². The Kier molecular flexibility index (Phi) is 5.98. The number of anilines is 1. The molecule has 2 aromatic carbocycles. The van der Waals surface area contributed by atoms with E-state index in [9.17, 15) is 9.59 Å². The number of carbonyl (C=O) groups is 2. The summed E-state index contributed by atoms with van der Waals surface area (Å²) in [5, 5.41) is 8.95. The minimum Gasteiger partial charge on any atom is -0.479 e. The number of aliphatic carboxylic acids is 1. The second-order valence-electron chi connectivity index (χ2n) is 5.66. The first kappa shape index (κ1) is 19.6. The molecule has 2 aromatic rings. The fraction of sp³-hybridized carbons (Fsp3) is 0.105. The monoisotopic (exact) mass is 463 g/mol. The molecule has 1 unspecified atom stereocenters. The number of hydrogen-bond donors (Lipinski definition) is 1. The summed E-state index contributed by atoms with van der Waals surface area (Å²) in [7, 11) is 0. The third kappa shape index (κ3) is 4.58. The summed E-state index contributed by atoms with van der Waals surface area (Å²) in [6.07, 6.45) is 0.757. The quantitative estimate of drug-likeness (QED) is 0.511. The van der Waals surface area contributed by atoms with Crippen LogP contribution in [0, 0.1) is 0 Å². The van der Waals surface area contributed by atoms with Gasteiger partial charge in [0, 0.05) is 4.47 Å². The first-order valence-electron chi connectivity index (χ1n) is 7.88. The number of nitrogens with zero attached hydrogens (tertiary/aromatic N) is 1. The van der Waals surface area contributed by atoms with Crippen molar-refractivity contribution in [2.45, 2.75) is 13.0 Å². The highest BCUT2D eigenvalue weighted by Crippen LogP contribution is 2.36. The van der Waals surface area contributed by atoms with Crippen molar-refractivity contribution in [1.29, 1.82) is 0 Å². The lowest BCUT2D eigenvalue weighted by atomic mass is 10.2. The first-order chi connectivity index (χ1) is 12.8. The summed E-state index contributed by atoms with van der Waals surface area (Å²) in [5.41, 5.74) is 1.43. The van der Waals surface area contributed by atoms with Gasteiger partial charge in [0.05, 0.1) is 10.6 Å². The Morgan fingerprint density at radius 2 is 2.00 bits per heavy atom. The van der Waals surface area contributed by atoms with E-state index in [1.807, 2.05) is 30.3 Å². The minimum absolute atomic E-state index is 0.197. The maximum absolute atomic E-state index is 12.8. The first-order valence-corrected chi connectivity index (χ1v) is 9.90. The number of thiocarbonyl (C=S) groups is 1. The number of hydrogen-bond acceptors (Lipinski definition) is 5. The van der Waals surface area contributed by atoms with Gasteiger partial charge in [0.25, 0.3) is 5.91 Å². The fourth-order valence-electron chi connectivity index (χ4n) is 2.36. The molecule has 1 aliphatic rings. The van der Waals surface area contributed by atoms with Crippen LogP contribution in [0.4, 0.5) is 5.69 Å². The Morgan fingerprint density at radius 3 is 2.67 bits per heavy atom. The zero-order valence-electron chi connectivity index (χ0n) is 14.1. The van der Waals surface area contributed by atoms with Crippen LogP contribution in [0.15, 0.2) is 57.9 Å². The molecule has 1 aliphatic heterocycles. The molecule has 3 rings (SSSR count). The second-order valence-corrected chi connectivity index (χ2v) is 8.26. The SMILES string of the molecule is CC(Oc1cccc(/C=C2/SC(=S)N(c3ccc(Br)cc3)C2=O)c1)C(=O)O. The van der Waals surface area contributed by atoms with E-state index in [0.717, 1.165) is 10.0 Å². The number of benzene rings is 2. The summed E-state index contributed by atoms with van der Waals surface area (Å²) < 4.78 is 6.74. The molecule has 138 valence electrons. The van der Waals surface area contributed by atoms with Crippen molar-refractivity contribution in [2.24, 2.45) is 0 Å². The Hall–Kier alpha value is -2.16. The Morgan fingerprint density at radius 1 is 1.30 bits per heavy atom. The van der Waals surface area contributed by atoms with Crippen LogP contribution >= 0.6 is 39.9 Å². The number of amides is 1. The highest BCUT2D eigenvalue weighted by atomic mass is 79.9. The van der Waals surface area contributed by atoms with Crippen LogP contribution in [-0.2, 0) is 9.59 Å². The number of carboxylic acids is 1. The van der Waals surface area contributed by atoms with Crippen LogP contribution in [0.1, 0.15) is 12.5 Å². The highest BCUT2D eigenvalue weighted by Gasteiger charge is 2.33. The number of carboxylic acid groups (broad SMARTS) is 1. The molecule has 0 aliphatic carbocycles. The topological polar surface area (TPSA) is 66.8 Å². The summed E-state index contributed by atoms with van der Waals surface area (Å²) in [5.74, 6) is -0.824. The molecule has 27 heavy (non-hydrogen) atoms. The molecule has 1 saturated heterocycles. The van der Waals surface area contributed by atoms with Gasteiger partial charge in [-0.3, -0.25) is 9.69 Å². The number of rotatable bonds is 5. The number of thioether (sulfide) groups is 1.